The van der Waals surface area contributed by atoms with Crippen molar-refractivity contribution in [2.24, 2.45) is 11.3 Å². The molecule has 0 aromatic heterocycles. The van der Waals surface area contributed by atoms with E-state index in [-0.39, 0.29) is 22.9 Å². The Morgan fingerprint density at radius 3 is 2.59 bits per heavy atom. The van der Waals surface area contributed by atoms with Crippen molar-refractivity contribution in [3.8, 4) is 0 Å². The summed E-state index contributed by atoms with van der Waals surface area (Å²) in [6, 6.07) is 0. The molecule has 0 aromatic carbocycles. The van der Waals surface area contributed by atoms with Gasteiger partial charge in [-0.3, -0.25) is 4.79 Å². The van der Waals surface area contributed by atoms with Crippen LogP contribution in [-0.4, -0.2) is 17.5 Å². The van der Waals surface area contributed by atoms with Crippen molar-refractivity contribution in [1.29, 1.82) is 0 Å². The molecule has 0 spiro atoms. The topological polar surface area (TPSA) is 26.3 Å². The summed E-state index contributed by atoms with van der Waals surface area (Å²) in [6.07, 6.45) is 4.00. The lowest BCUT2D eigenvalue weighted by atomic mass is 9.66. The summed E-state index contributed by atoms with van der Waals surface area (Å²) in [5.41, 5.74) is 0.864. The van der Waals surface area contributed by atoms with Crippen LogP contribution in [0.1, 0.15) is 53.4 Å². The highest BCUT2D eigenvalue weighted by atomic mass is 16.5. The van der Waals surface area contributed by atoms with E-state index in [0.29, 0.717) is 12.3 Å². The Morgan fingerprint density at radius 2 is 2.00 bits per heavy atom. The Balaban J connectivity index is 2.20. The van der Waals surface area contributed by atoms with Gasteiger partial charge in [0.15, 0.2) is 5.78 Å². The number of hydrogen-bond acceptors (Lipinski definition) is 2. The lowest BCUT2D eigenvalue weighted by Gasteiger charge is -2.42. The third kappa shape index (κ3) is 2.20. The number of ketones is 1. The molecule has 2 fully saturated rings. The largest absolute Gasteiger partial charge is 0.372 e. The van der Waals surface area contributed by atoms with E-state index in [0.717, 1.165) is 24.8 Å². The zero-order valence-corrected chi connectivity index (χ0v) is 11.5. The molecule has 2 aliphatic carbocycles. The number of carbonyl (C=O) groups is 1. The molecule has 2 heteroatoms. The molecule has 2 saturated carbocycles. The van der Waals surface area contributed by atoms with Gasteiger partial charge in [-0.15, -0.1) is 0 Å². The average Bonchev–Trinajstić information content (AvgIpc) is 2.50. The summed E-state index contributed by atoms with van der Waals surface area (Å²) in [5, 5.41) is 0. The first kappa shape index (κ1) is 12.8. The molecule has 3 atom stereocenters. The molecule has 0 aliphatic heterocycles. The second kappa shape index (κ2) is 3.94. The average molecular weight is 236 g/mol. The molecule has 0 bridgehead atoms. The fraction of sp³-hybridized carbons (Fsp3) is 0.800. The van der Waals surface area contributed by atoms with Crippen LogP contribution in [0.25, 0.3) is 0 Å². The van der Waals surface area contributed by atoms with Gasteiger partial charge in [-0.05, 0) is 51.5 Å². The maximum atomic E-state index is 11.7. The van der Waals surface area contributed by atoms with Gasteiger partial charge in [0.25, 0.3) is 0 Å². The van der Waals surface area contributed by atoms with Crippen molar-refractivity contribution in [2.45, 2.75) is 65.1 Å². The second-order valence-corrected chi connectivity index (χ2v) is 6.80. The van der Waals surface area contributed by atoms with E-state index < -0.39 is 0 Å². The first-order valence-corrected chi connectivity index (χ1v) is 6.64. The fourth-order valence-electron chi connectivity index (χ4n) is 3.47. The predicted octanol–water partition coefficient (Wildman–Crippen LogP) is 3.51. The fourth-order valence-corrected chi connectivity index (χ4v) is 3.47. The van der Waals surface area contributed by atoms with Gasteiger partial charge < -0.3 is 4.74 Å². The lowest BCUT2D eigenvalue weighted by molar-refractivity contribution is -0.128. The summed E-state index contributed by atoms with van der Waals surface area (Å²) < 4.78 is 6.20. The molecule has 0 aromatic rings. The Morgan fingerprint density at radius 1 is 1.35 bits per heavy atom. The summed E-state index contributed by atoms with van der Waals surface area (Å²) in [4.78, 5) is 11.7. The molecule has 0 amide bonds. The molecule has 2 aliphatic rings. The minimum Gasteiger partial charge on any atom is -0.372 e. The summed E-state index contributed by atoms with van der Waals surface area (Å²) >= 11 is 0. The number of ether oxygens (including phenoxy) is 1. The molecule has 0 radical (unpaired) electrons. The van der Waals surface area contributed by atoms with Crippen molar-refractivity contribution in [1.82, 2.24) is 0 Å². The number of carbonyl (C=O) groups excluding carboxylic acids is 1. The van der Waals surface area contributed by atoms with Crippen LogP contribution in [0.15, 0.2) is 12.2 Å². The van der Waals surface area contributed by atoms with Crippen LogP contribution in [0.4, 0.5) is 0 Å². The number of fused-ring (bicyclic) bond motifs is 1. The van der Waals surface area contributed by atoms with Gasteiger partial charge in [-0.1, -0.05) is 13.5 Å². The molecular weight excluding hydrogens is 212 g/mol. The van der Waals surface area contributed by atoms with E-state index in [2.05, 4.69) is 34.3 Å². The molecule has 0 heterocycles. The van der Waals surface area contributed by atoms with E-state index in [1.165, 1.54) is 0 Å². The van der Waals surface area contributed by atoms with Crippen LogP contribution >= 0.6 is 0 Å². The molecular formula is C15H24O2. The monoisotopic (exact) mass is 236 g/mol. The van der Waals surface area contributed by atoms with E-state index in [1.807, 2.05) is 0 Å². The maximum Gasteiger partial charge on any atom is 0.158 e. The quantitative estimate of drug-likeness (QED) is 0.651. The normalized spacial score (nSPS) is 38.4. The van der Waals surface area contributed by atoms with Crippen LogP contribution in [0.5, 0.6) is 0 Å². The minimum atomic E-state index is -0.106. The van der Waals surface area contributed by atoms with Gasteiger partial charge in [-0.25, -0.2) is 0 Å². The Bertz CT molecular complexity index is 350. The van der Waals surface area contributed by atoms with E-state index >= 15 is 0 Å². The minimum absolute atomic E-state index is 0.106. The predicted molar refractivity (Wildman–Crippen MR) is 68.8 cm³/mol. The van der Waals surface area contributed by atoms with Crippen LogP contribution < -0.4 is 0 Å². The third-order valence-corrected chi connectivity index (χ3v) is 4.41. The van der Waals surface area contributed by atoms with Gasteiger partial charge in [0.1, 0.15) is 0 Å². The van der Waals surface area contributed by atoms with Crippen molar-refractivity contribution in [2.75, 3.05) is 0 Å². The molecule has 0 saturated heterocycles. The van der Waals surface area contributed by atoms with Crippen LogP contribution in [0.3, 0.4) is 0 Å². The van der Waals surface area contributed by atoms with Crippen LogP contribution in [-0.2, 0) is 9.53 Å². The number of hydrogen-bond donors (Lipinski definition) is 0. The van der Waals surface area contributed by atoms with Crippen molar-refractivity contribution < 1.29 is 9.53 Å². The highest BCUT2D eigenvalue weighted by Gasteiger charge is 2.52. The van der Waals surface area contributed by atoms with Crippen molar-refractivity contribution in [3.05, 3.63) is 12.2 Å². The highest BCUT2D eigenvalue weighted by molar-refractivity contribution is 5.96. The van der Waals surface area contributed by atoms with Gasteiger partial charge in [0.2, 0.25) is 0 Å². The summed E-state index contributed by atoms with van der Waals surface area (Å²) in [7, 11) is 0. The van der Waals surface area contributed by atoms with Gasteiger partial charge >= 0.3 is 0 Å². The summed E-state index contributed by atoms with van der Waals surface area (Å²) in [6.45, 7) is 12.6. The Kier molecular flexibility index (Phi) is 2.97. The number of rotatable bonds is 1. The zero-order valence-electron chi connectivity index (χ0n) is 11.5. The van der Waals surface area contributed by atoms with E-state index in [1.54, 1.807) is 0 Å². The Labute approximate surface area is 104 Å². The molecule has 2 rings (SSSR count). The Hall–Kier alpha value is -0.630. The van der Waals surface area contributed by atoms with Gasteiger partial charge in [0, 0.05) is 11.8 Å². The van der Waals surface area contributed by atoms with Crippen LogP contribution in [0.2, 0.25) is 0 Å². The smallest absolute Gasteiger partial charge is 0.158 e. The SMILES string of the molecule is C=C1C(=O)CC[C@]2(C)[C@@H]1CC[C@H]2OC(C)(C)C. The molecule has 96 valence electrons. The van der Waals surface area contributed by atoms with Crippen molar-refractivity contribution in [3.63, 3.8) is 0 Å². The van der Waals surface area contributed by atoms with Crippen molar-refractivity contribution >= 4 is 5.78 Å². The molecule has 2 nitrogen and oxygen atoms in total. The first-order chi connectivity index (χ1) is 7.74. The third-order valence-electron chi connectivity index (χ3n) is 4.41. The maximum absolute atomic E-state index is 11.7. The highest BCUT2D eigenvalue weighted by Crippen LogP contribution is 2.54. The van der Waals surface area contributed by atoms with Gasteiger partial charge in [-0.2, -0.15) is 0 Å². The summed E-state index contributed by atoms with van der Waals surface area (Å²) in [5.74, 6) is 0.611. The number of allylic oxidation sites excluding steroid dienone is 1. The van der Waals surface area contributed by atoms with Gasteiger partial charge in [0.05, 0.1) is 11.7 Å². The zero-order chi connectivity index (χ0) is 12.8. The van der Waals surface area contributed by atoms with E-state index in [4.69, 9.17) is 4.74 Å². The number of Topliss-reactive ketones (excluding diaryl/α,β-unsaturated/α-hetero) is 1. The lowest BCUT2D eigenvalue weighted by Crippen LogP contribution is -2.43. The van der Waals surface area contributed by atoms with E-state index in [9.17, 15) is 4.79 Å². The first-order valence-electron chi connectivity index (χ1n) is 6.64. The molecule has 0 N–H and O–H groups in total. The standard InChI is InChI=1S/C15H24O2/c1-10-11-6-7-13(17-14(2,3)4)15(11,5)9-8-12(10)16/h11,13H,1,6-9H2,2-5H3/t11-,13-,15-/m1/s1. The second-order valence-electron chi connectivity index (χ2n) is 6.80. The van der Waals surface area contributed by atoms with Crippen LogP contribution in [0, 0.1) is 11.3 Å². The molecule has 0 unspecified atom stereocenters. The molecule has 17 heavy (non-hydrogen) atoms.